The molecule has 53 heavy (non-hydrogen) atoms. The third-order valence-corrected chi connectivity index (χ3v) is 11.2. The summed E-state index contributed by atoms with van der Waals surface area (Å²) < 4.78 is 48.5. The molecule has 0 radical (unpaired) electrons. The fraction of sp³-hybridized carbons (Fsp3) is 0.342. The molecule has 2 saturated heterocycles. The molecule has 3 aromatic heterocycles. The van der Waals surface area contributed by atoms with E-state index in [1.54, 1.807) is 19.2 Å². The summed E-state index contributed by atoms with van der Waals surface area (Å²) in [4.78, 5) is 36.4. The van der Waals surface area contributed by atoms with Crippen LogP contribution in [0.3, 0.4) is 0 Å². The Labute approximate surface area is 307 Å². The molecule has 1 spiro atoms. The maximum Gasteiger partial charge on any atom is 0.433 e. The van der Waals surface area contributed by atoms with Gasteiger partial charge in [-0.05, 0) is 67.5 Å². The highest BCUT2D eigenvalue weighted by Crippen LogP contribution is 2.47. The van der Waals surface area contributed by atoms with Crippen molar-refractivity contribution in [3.05, 3.63) is 92.5 Å². The lowest BCUT2D eigenvalue weighted by atomic mass is 9.93. The van der Waals surface area contributed by atoms with Crippen LogP contribution in [0.4, 0.5) is 29.5 Å². The lowest BCUT2D eigenvalue weighted by Gasteiger charge is -2.36. The second-order valence-electron chi connectivity index (χ2n) is 13.9. The molecule has 2 aromatic carbocycles. The Morgan fingerprint density at radius 1 is 1.06 bits per heavy atom. The fourth-order valence-corrected chi connectivity index (χ4v) is 8.42. The van der Waals surface area contributed by atoms with Gasteiger partial charge in [-0.2, -0.15) is 18.3 Å². The van der Waals surface area contributed by atoms with Gasteiger partial charge < -0.3 is 20.7 Å². The van der Waals surface area contributed by atoms with Crippen molar-refractivity contribution in [1.82, 2.24) is 35.3 Å². The molecule has 5 aromatic rings. The summed E-state index contributed by atoms with van der Waals surface area (Å²) in [5.74, 6) is 0.316. The number of carbonyl (C=O) groups excluding carboxylic acids is 1. The largest absolute Gasteiger partial charge is 0.481 e. The first-order chi connectivity index (χ1) is 25.4. The first-order valence-corrected chi connectivity index (χ1v) is 17.7. The maximum absolute atomic E-state index is 13.9. The highest BCUT2D eigenvalue weighted by atomic mass is 35.5. The number of hydrogen-bond donors (Lipinski definition) is 3. The highest BCUT2D eigenvalue weighted by Gasteiger charge is 2.45. The number of carbonyl (C=O) groups is 1. The number of ether oxygens (including phenoxy) is 1. The number of hydrogen-bond acceptors (Lipinski definition) is 8. The summed E-state index contributed by atoms with van der Waals surface area (Å²) in [7, 11) is 3.04. The minimum Gasteiger partial charge on any atom is -0.481 e. The number of amides is 2. The molecule has 2 amide bonds. The van der Waals surface area contributed by atoms with Gasteiger partial charge in [0.1, 0.15) is 11.5 Å². The predicted octanol–water partition coefficient (Wildman–Crippen LogP) is 6.93. The highest BCUT2D eigenvalue weighted by molar-refractivity contribution is 6.36. The van der Waals surface area contributed by atoms with Gasteiger partial charge in [-0.1, -0.05) is 41.9 Å². The Morgan fingerprint density at radius 3 is 2.60 bits per heavy atom. The molecule has 1 aliphatic carbocycles. The summed E-state index contributed by atoms with van der Waals surface area (Å²) in [5, 5.41) is 13.4. The van der Waals surface area contributed by atoms with Gasteiger partial charge in [0.05, 0.1) is 34.9 Å². The van der Waals surface area contributed by atoms with Crippen molar-refractivity contribution in [3.8, 4) is 28.3 Å². The van der Waals surface area contributed by atoms with Gasteiger partial charge in [0.15, 0.2) is 0 Å². The molecule has 11 nitrogen and oxygen atoms in total. The van der Waals surface area contributed by atoms with E-state index in [0.717, 1.165) is 66.2 Å². The number of alkyl halides is 3. The topological polar surface area (TPSA) is 126 Å². The van der Waals surface area contributed by atoms with E-state index >= 15 is 0 Å². The summed E-state index contributed by atoms with van der Waals surface area (Å²) >= 11 is 7.19. The maximum atomic E-state index is 13.9. The summed E-state index contributed by atoms with van der Waals surface area (Å²) in [6.45, 7) is 4.12. The van der Waals surface area contributed by atoms with Crippen molar-refractivity contribution in [2.75, 3.05) is 32.1 Å². The van der Waals surface area contributed by atoms with Crippen LogP contribution in [0.1, 0.15) is 47.7 Å². The smallest absolute Gasteiger partial charge is 0.433 e. The number of pyridine rings is 2. The Morgan fingerprint density at radius 2 is 1.83 bits per heavy atom. The van der Waals surface area contributed by atoms with Crippen LogP contribution in [0.25, 0.3) is 33.2 Å². The van der Waals surface area contributed by atoms with Crippen molar-refractivity contribution in [1.29, 1.82) is 0 Å². The minimum absolute atomic E-state index is 0.0125. The van der Waals surface area contributed by atoms with Crippen molar-refractivity contribution < 1.29 is 22.7 Å². The minimum atomic E-state index is -4.74. The normalized spacial score (nSPS) is 20.1. The van der Waals surface area contributed by atoms with Crippen LogP contribution in [0.2, 0.25) is 5.02 Å². The first kappa shape index (κ1) is 34.9. The Bertz CT molecular complexity index is 2370. The zero-order valence-corrected chi connectivity index (χ0v) is 30.0. The molecule has 15 heteroatoms. The van der Waals surface area contributed by atoms with E-state index in [-0.39, 0.29) is 34.2 Å². The van der Waals surface area contributed by atoms with Crippen molar-refractivity contribution >= 4 is 39.9 Å². The Balaban J connectivity index is 1.13. The lowest BCUT2D eigenvalue weighted by Crippen LogP contribution is -2.59. The van der Waals surface area contributed by atoms with Gasteiger partial charge in [-0.25, -0.2) is 19.4 Å². The molecule has 2 atom stereocenters. The van der Waals surface area contributed by atoms with Crippen molar-refractivity contribution in [3.63, 3.8) is 0 Å². The molecule has 0 bridgehead atoms. The number of fused-ring (bicyclic) bond motifs is 2. The lowest BCUT2D eigenvalue weighted by molar-refractivity contribution is -0.141. The third-order valence-electron chi connectivity index (χ3n) is 10.8. The van der Waals surface area contributed by atoms with Gasteiger partial charge in [0, 0.05) is 60.5 Å². The van der Waals surface area contributed by atoms with Crippen molar-refractivity contribution in [2.45, 2.75) is 50.4 Å². The SMILES string of the molecule is COc1nc(-c2cccc(-c3cccc(Nc4nc(C(F)(F)F)cc5cnn(C)c(=O)c45)c3C)c2Cl)cc2c1C(N1CCC3(CCNC(=O)N3)C1)CC2. The number of likely N-dealkylation sites (tertiary alicyclic amines) is 1. The molecule has 5 heterocycles. The third kappa shape index (κ3) is 6.13. The quantitative estimate of drug-likeness (QED) is 0.171. The van der Waals surface area contributed by atoms with Crippen LogP contribution < -0.4 is 26.2 Å². The number of benzene rings is 2. The van der Waals surface area contributed by atoms with Crippen molar-refractivity contribution in [2.24, 2.45) is 7.05 Å². The number of nitrogens with one attached hydrogen (secondary N) is 3. The molecule has 274 valence electrons. The van der Waals surface area contributed by atoms with E-state index in [1.165, 1.54) is 13.2 Å². The van der Waals surface area contributed by atoms with Crippen LogP contribution in [0.15, 0.2) is 59.5 Å². The van der Waals surface area contributed by atoms with Crippen LogP contribution in [0.5, 0.6) is 5.88 Å². The number of aryl methyl sites for hydroxylation is 2. The van der Waals surface area contributed by atoms with Gasteiger partial charge in [-0.3, -0.25) is 9.69 Å². The van der Waals surface area contributed by atoms with E-state index in [1.807, 2.05) is 31.2 Å². The number of rotatable bonds is 6. The van der Waals surface area contributed by atoms with Gasteiger partial charge in [-0.15, -0.1) is 0 Å². The van der Waals surface area contributed by atoms with Crippen LogP contribution in [-0.4, -0.2) is 63.0 Å². The van der Waals surface area contributed by atoms with Crippen LogP contribution in [0, 0.1) is 6.92 Å². The van der Waals surface area contributed by atoms with E-state index in [9.17, 15) is 22.8 Å². The number of methoxy groups -OCH3 is 1. The summed E-state index contributed by atoms with van der Waals surface area (Å²) in [6.07, 6.45) is -0.00810. The predicted molar refractivity (Wildman–Crippen MR) is 196 cm³/mol. The van der Waals surface area contributed by atoms with E-state index in [4.69, 9.17) is 21.3 Å². The average molecular weight is 745 g/mol. The van der Waals surface area contributed by atoms with E-state index in [2.05, 4.69) is 37.0 Å². The fourth-order valence-electron chi connectivity index (χ4n) is 8.10. The van der Waals surface area contributed by atoms with Gasteiger partial charge in [0.25, 0.3) is 5.56 Å². The first-order valence-electron chi connectivity index (χ1n) is 17.3. The number of nitrogens with zero attached hydrogens (tertiary/aromatic N) is 5. The molecule has 2 unspecified atom stereocenters. The number of halogens is 4. The standard InChI is InChI=1S/C38H36ClF3N8O3/c1-20-23(6-5-9-26(20)45-33-31-22(18-44-49(2)35(31)51)17-29(47-33)38(40,41)42)24-7-4-8-25(32(24)39)27-16-21-10-11-28(30(21)34(46-27)53-3)50-15-13-37(19-50)12-14-43-36(52)48-37/h4-9,16-18,28H,10-15,19H2,1-3H3,(H,45,47)(H2,43,48,52). The Hall–Kier alpha value is -5.21. The molecule has 3 N–H and O–H groups in total. The molecule has 2 fully saturated rings. The van der Waals surface area contributed by atoms with Gasteiger partial charge in [0.2, 0.25) is 5.88 Å². The monoisotopic (exact) mass is 744 g/mol. The molecular formula is C38H36ClF3N8O3. The Kier molecular flexibility index (Phi) is 8.56. The molecule has 3 aliphatic rings. The zero-order valence-electron chi connectivity index (χ0n) is 29.2. The number of anilines is 2. The molecule has 8 rings (SSSR count). The molecular weight excluding hydrogens is 709 g/mol. The summed E-state index contributed by atoms with van der Waals surface area (Å²) in [6, 6.07) is 13.9. The van der Waals surface area contributed by atoms with Crippen LogP contribution >= 0.6 is 11.6 Å². The molecule has 0 saturated carbocycles. The number of urea groups is 1. The second kappa shape index (κ2) is 13.0. The van der Waals surface area contributed by atoms with E-state index in [0.29, 0.717) is 45.5 Å². The molecule has 2 aliphatic heterocycles. The summed E-state index contributed by atoms with van der Waals surface area (Å²) in [5.41, 5.74) is 4.16. The van der Waals surface area contributed by atoms with E-state index < -0.39 is 17.4 Å². The zero-order chi connectivity index (χ0) is 37.2. The average Bonchev–Trinajstić information content (AvgIpc) is 3.74. The second-order valence-corrected chi connectivity index (χ2v) is 14.3. The van der Waals surface area contributed by atoms with Crippen LogP contribution in [-0.2, 0) is 19.6 Å². The van der Waals surface area contributed by atoms with Gasteiger partial charge >= 0.3 is 12.2 Å². The number of aromatic nitrogens is 4.